The van der Waals surface area contributed by atoms with Crippen molar-refractivity contribution in [2.24, 2.45) is 0 Å². The van der Waals surface area contributed by atoms with E-state index in [4.69, 9.17) is 0 Å². The van der Waals surface area contributed by atoms with Crippen molar-refractivity contribution in [3.63, 3.8) is 0 Å². The Kier molecular flexibility index (Phi) is 4.27. The van der Waals surface area contributed by atoms with Gasteiger partial charge < -0.3 is 4.90 Å². The normalized spacial score (nSPS) is 17.2. The third-order valence-corrected chi connectivity index (χ3v) is 5.14. The first-order valence-electron chi connectivity index (χ1n) is 8.05. The molecular weight excluding hydrogens is 341 g/mol. The zero-order valence-electron chi connectivity index (χ0n) is 13.4. The van der Waals surface area contributed by atoms with Crippen LogP contribution < -0.4 is 0 Å². The third kappa shape index (κ3) is 3.30. The van der Waals surface area contributed by atoms with Gasteiger partial charge >= 0.3 is 0 Å². The van der Waals surface area contributed by atoms with Gasteiger partial charge in [-0.05, 0) is 30.5 Å². The first-order chi connectivity index (χ1) is 12.2. The van der Waals surface area contributed by atoms with Crippen molar-refractivity contribution >= 4 is 17.2 Å². The smallest absolute Gasteiger partial charge is 0.276 e. The molecule has 0 bridgehead atoms. The fourth-order valence-corrected chi connectivity index (χ4v) is 3.85. The molecule has 1 aliphatic heterocycles. The van der Waals surface area contributed by atoms with Crippen LogP contribution in [0.2, 0.25) is 0 Å². The summed E-state index contributed by atoms with van der Waals surface area (Å²) in [5, 5.41) is 10.9. The van der Waals surface area contributed by atoms with Crippen LogP contribution in [0, 0.1) is 5.82 Å². The van der Waals surface area contributed by atoms with Gasteiger partial charge in [0.25, 0.3) is 5.91 Å². The van der Waals surface area contributed by atoms with Crippen molar-refractivity contribution in [2.45, 2.75) is 25.4 Å². The van der Waals surface area contributed by atoms with Gasteiger partial charge in [0.15, 0.2) is 5.69 Å². The van der Waals surface area contributed by atoms with Gasteiger partial charge in [0.05, 0.1) is 18.8 Å². The molecule has 1 aliphatic rings. The second kappa shape index (κ2) is 6.72. The lowest BCUT2D eigenvalue weighted by Crippen LogP contribution is -2.30. The van der Waals surface area contributed by atoms with Crippen LogP contribution in [0.4, 0.5) is 4.39 Å². The quantitative estimate of drug-likeness (QED) is 0.720. The van der Waals surface area contributed by atoms with Gasteiger partial charge in [-0.15, -0.1) is 16.4 Å². The number of amides is 1. The summed E-state index contributed by atoms with van der Waals surface area (Å²) in [6.45, 7) is 1.14. The second-order valence-corrected chi connectivity index (χ2v) is 6.88. The Balaban J connectivity index is 1.49. The second-order valence-electron chi connectivity index (χ2n) is 5.95. The Morgan fingerprint density at radius 2 is 2.16 bits per heavy atom. The van der Waals surface area contributed by atoms with Crippen molar-refractivity contribution < 1.29 is 9.18 Å². The Morgan fingerprint density at radius 3 is 2.92 bits per heavy atom. The number of nitrogens with zero attached hydrogens (tertiary/aromatic N) is 5. The molecule has 1 amide bonds. The molecule has 0 aliphatic carbocycles. The zero-order chi connectivity index (χ0) is 17.2. The number of carbonyl (C=O) groups excluding carboxylic acids is 1. The highest BCUT2D eigenvalue weighted by molar-refractivity contribution is 7.09. The molecule has 1 fully saturated rings. The summed E-state index contributed by atoms with van der Waals surface area (Å²) in [4.78, 5) is 19.0. The summed E-state index contributed by atoms with van der Waals surface area (Å²) in [7, 11) is 0. The van der Waals surface area contributed by atoms with Crippen LogP contribution in [-0.4, -0.2) is 37.3 Å². The fourth-order valence-electron chi connectivity index (χ4n) is 3.06. The molecule has 25 heavy (non-hydrogen) atoms. The molecular formula is C17H16FN5OS. The number of carbonyl (C=O) groups is 1. The van der Waals surface area contributed by atoms with E-state index in [9.17, 15) is 9.18 Å². The molecule has 1 aromatic carbocycles. The molecule has 4 rings (SSSR count). The van der Waals surface area contributed by atoms with E-state index in [2.05, 4.69) is 15.3 Å². The zero-order valence-corrected chi connectivity index (χ0v) is 14.2. The van der Waals surface area contributed by atoms with Crippen LogP contribution in [-0.2, 0) is 6.54 Å². The molecule has 0 unspecified atom stereocenters. The summed E-state index contributed by atoms with van der Waals surface area (Å²) in [6, 6.07) is 6.21. The van der Waals surface area contributed by atoms with Crippen molar-refractivity contribution in [2.75, 3.05) is 6.54 Å². The van der Waals surface area contributed by atoms with Crippen molar-refractivity contribution in [3.05, 3.63) is 64.1 Å². The first kappa shape index (κ1) is 15.9. The van der Waals surface area contributed by atoms with Gasteiger partial charge in [-0.3, -0.25) is 4.79 Å². The summed E-state index contributed by atoms with van der Waals surface area (Å²) in [5.41, 5.74) is 1.22. The number of rotatable bonds is 4. The van der Waals surface area contributed by atoms with Crippen molar-refractivity contribution in [1.29, 1.82) is 0 Å². The lowest BCUT2D eigenvalue weighted by Gasteiger charge is -2.21. The lowest BCUT2D eigenvalue weighted by atomic mass is 10.2. The summed E-state index contributed by atoms with van der Waals surface area (Å²) in [6.07, 6.45) is 5.28. The molecule has 8 heteroatoms. The van der Waals surface area contributed by atoms with Gasteiger partial charge in [0.2, 0.25) is 0 Å². The van der Waals surface area contributed by atoms with E-state index in [-0.39, 0.29) is 17.8 Å². The van der Waals surface area contributed by atoms with Crippen molar-refractivity contribution in [1.82, 2.24) is 24.9 Å². The van der Waals surface area contributed by atoms with Gasteiger partial charge in [0.1, 0.15) is 10.8 Å². The molecule has 3 aromatic rings. The molecule has 0 radical (unpaired) electrons. The summed E-state index contributed by atoms with van der Waals surface area (Å²) in [5.74, 6) is -0.400. The molecule has 128 valence electrons. The van der Waals surface area contributed by atoms with Crippen LogP contribution >= 0.6 is 11.3 Å². The van der Waals surface area contributed by atoms with Crippen LogP contribution in [0.3, 0.4) is 0 Å². The monoisotopic (exact) mass is 357 g/mol. The molecule has 3 heterocycles. The van der Waals surface area contributed by atoms with Crippen LogP contribution in [0.1, 0.15) is 39.9 Å². The standard InChI is InChI=1S/C17H16FN5OS/c18-13-5-3-12(4-6-13)10-22-11-14(20-21-22)17(24)23-8-1-2-15(23)16-19-7-9-25-16/h3-7,9,11,15H,1-2,8,10H2/t15-/m0/s1. The maximum atomic E-state index is 13.0. The van der Waals surface area contributed by atoms with E-state index in [0.29, 0.717) is 18.8 Å². The number of benzene rings is 1. The van der Waals surface area contributed by atoms with E-state index in [0.717, 1.165) is 23.4 Å². The van der Waals surface area contributed by atoms with E-state index < -0.39 is 0 Å². The molecule has 0 saturated carbocycles. The Hall–Kier alpha value is -2.61. The third-order valence-electron chi connectivity index (χ3n) is 4.27. The average molecular weight is 357 g/mol. The fraction of sp³-hybridized carbons (Fsp3) is 0.294. The number of hydrogen-bond acceptors (Lipinski definition) is 5. The lowest BCUT2D eigenvalue weighted by molar-refractivity contribution is 0.0729. The Labute approximate surface area is 147 Å². The van der Waals surface area contributed by atoms with Crippen LogP contribution in [0.15, 0.2) is 42.0 Å². The number of aromatic nitrogens is 4. The highest BCUT2D eigenvalue weighted by atomic mass is 32.1. The predicted molar refractivity (Wildman–Crippen MR) is 90.6 cm³/mol. The number of hydrogen-bond donors (Lipinski definition) is 0. The minimum absolute atomic E-state index is 0.0229. The van der Waals surface area contributed by atoms with Gasteiger partial charge in [-0.1, -0.05) is 17.3 Å². The highest BCUT2D eigenvalue weighted by Crippen LogP contribution is 2.33. The number of halogens is 1. The summed E-state index contributed by atoms with van der Waals surface area (Å²) >= 11 is 1.57. The van der Waals surface area contributed by atoms with Crippen LogP contribution in [0.25, 0.3) is 0 Å². The van der Waals surface area contributed by atoms with Gasteiger partial charge in [0, 0.05) is 18.1 Å². The average Bonchev–Trinajstić information content (AvgIpc) is 3.37. The molecule has 0 spiro atoms. The van der Waals surface area contributed by atoms with E-state index >= 15 is 0 Å². The van der Waals surface area contributed by atoms with E-state index in [1.807, 2.05) is 10.3 Å². The molecule has 2 aromatic heterocycles. The highest BCUT2D eigenvalue weighted by Gasteiger charge is 2.33. The molecule has 1 atom stereocenters. The first-order valence-corrected chi connectivity index (χ1v) is 8.93. The van der Waals surface area contributed by atoms with Gasteiger partial charge in [-0.25, -0.2) is 14.1 Å². The van der Waals surface area contributed by atoms with Gasteiger partial charge in [-0.2, -0.15) is 0 Å². The summed E-state index contributed by atoms with van der Waals surface area (Å²) < 4.78 is 14.6. The van der Waals surface area contributed by atoms with E-state index in [1.54, 1.807) is 40.5 Å². The SMILES string of the molecule is O=C(c1cn(Cc2ccc(F)cc2)nn1)N1CCC[C@H]1c1nccs1. The predicted octanol–water partition coefficient (Wildman–Crippen LogP) is 2.90. The minimum Gasteiger partial charge on any atom is -0.328 e. The Bertz CT molecular complexity index is 862. The van der Waals surface area contributed by atoms with Crippen LogP contribution in [0.5, 0.6) is 0 Å². The van der Waals surface area contributed by atoms with E-state index in [1.165, 1.54) is 12.1 Å². The topological polar surface area (TPSA) is 63.9 Å². The molecule has 6 nitrogen and oxygen atoms in total. The maximum Gasteiger partial charge on any atom is 0.276 e. The Morgan fingerprint density at radius 1 is 1.32 bits per heavy atom. The number of thiazole rings is 1. The number of likely N-dealkylation sites (tertiary alicyclic amines) is 1. The largest absolute Gasteiger partial charge is 0.328 e. The molecule has 1 saturated heterocycles. The molecule has 0 N–H and O–H groups in total. The van der Waals surface area contributed by atoms with Crippen molar-refractivity contribution in [3.8, 4) is 0 Å². The minimum atomic E-state index is -0.277. The maximum absolute atomic E-state index is 13.0.